The van der Waals surface area contributed by atoms with Crippen molar-refractivity contribution in [3.8, 4) is 11.5 Å². The van der Waals surface area contributed by atoms with Crippen molar-refractivity contribution >= 4 is 46.5 Å². The number of aromatic nitrogens is 1. The summed E-state index contributed by atoms with van der Waals surface area (Å²) in [5, 5.41) is 15.2. The molecule has 1 fully saturated rings. The number of hydrogen-bond acceptors (Lipinski definition) is 10. The van der Waals surface area contributed by atoms with Gasteiger partial charge in [0.1, 0.15) is 39.0 Å². The first kappa shape index (κ1) is 36.3. The number of rotatable bonds is 13. The average molecular weight is 733 g/mol. The minimum Gasteiger partial charge on any atom is -0.619 e. The quantitative estimate of drug-likeness (QED) is 0.0942. The first-order valence-electron chi connectivity index (χ1n) is 15.5. The molecule has 2 atom stereocenters. The van der Waals surface area contributed by atoms with Crippen LogP contribution in [-0.4, -0.2) is 57.3 Å². The Kier molecular flexibility index (Phi) is 12.3. The number of hydrogen-bond donors (Lipinski definition) is 1. The molecule has 1 unspecified atom stereocenters. The van der Waals surface area contributed by atoms with E-state index in [1.165, 1.54) is 44.0 Å². The molecule has 3 heterocycles. The van der Waals surface area contributed by atoms with Gasteiger partial charge in [-0.15, -0.1) is 11.3 Å². The molecule has 0 saturated carbocycles. The predicted octanol–water partition coefficient (Wildman–Crippen LogP) is 6.45. The van der Waals surface area contributed by atoms with Crippen molar-refractivity contribution in [1.82, 2.24) is 10.2 Å². The van der Waals surface area contributed by atoms with Gasteiger partial charge >= 0.3 is 11.9 Å². The second kappa shape index (κ2) is 16.6. The van der Waals surface area contributed by atoms with E-state index in [0.717, 1.165) is 13.1 Å². The van der Waals surface area contributed by atoms with Crippen LogP contribution >= 0.6 is 34.5 Å². The molecule has 1 saturated heterocycles. The zero-order valence-electron chi connectivity index (χ0n) is 27.1. The Bertz CT molecular complexity index is 1760. The Labute approximate surface area is 297 Å². The number of nitrogens with one attached hydrogen (secondary N) is 1. The summed E-state index contributed by atoms with van der Waals surface area (Å²) in [6, 6.07) is 13.5. The first-order valence-corrected chi connectivity index (χ1v) is 17.1. The van der Waals surface area contributed by atoms with Crippen LogP contribution in [0, 0.1) is 11.0 Å². The summed E-state index contributed by atoms with van der Waals surface area (Å²) in [6.45, 7) is 1.77. The summed E-state index contributed by atoms with van der Waals surface area (Å²) in [7, 11) is 5.02. The molecule has 4 aromatic rings. The highest BCUT2D eigenvalue weighted by Gasteiger charge is 2.29. The van der Waals surface area contributed by atoms with Crippen molar-refractivity contribution in [2.45, 2.75) is 44.1 Å². The van der Waals surface area contributed by atoms with Crippen LogP contribution in [0.4, 0.5) is 4.39 Å². The number of thiophene rings is 1. The molecule has 0 amide bonds. The predicted molar refractivity (Wildman–Crippen MR) is 184 cm³/mol. The van der Waals surface area contributed by atoms with Crippen molar-refractivity contribution < 1.29 is 37.7 Å². The standard InChI is InChI=1S/C35H36Cl2FN3O7S/c1-40-14-12-22(13-15-40)47-35(43)33(24-6-4-5-7-28(24)38)39-18-23-9-11-32(49-23)34(42)48-30(17-25-26(36)19-41(44)20-27(25)37)21-8-10-29(45-2)31(16-21)46-3/h4-11,16,19-20,22,30,33,39H,12-15,17-18H2,1-3H3/t30?,33-/m0/s1. The average Bonchev–Trinajstić information content (AvgIpc) is 3.56. The van der Waals surface area contributed by atoms with Crippen molar-refractivity contribution in [2.75, 3.05) is 34.4 Å². The van der Waals surface area contributed by atoms with Crippen LogP contribution in [0.1, 0.15) is 56.2 Å². The van der Waals surface area contributed by atoms with E-state index in [4.69, 9.17) is 42.1 Å². The minimum atomic E-state index is -1.05. The lowest BCUT2D eigenvalue weighted by molar-refractivity contribution is -0.605. The third-order valence-corrected chi connectivity index (χ3v) is 9.94. The number of likely N-dealkylation sites (tertiary alicyclic amines) is 1. The molecule has 1 aliphatic heterocycles. The van der Waals surface area contributed by atoms with Gasteiger partial charge in [-0.2, -0.15) is 4.73 Å². The number of methoxy groups -OCH3 is 2. The van der Waals surface area contributed by atoms with Crippen LogP contribution in [-0.2, 0) is 27.2 Å². The van der Waals surface area contributed by atoms with Gasteiger partial charge < -0.3 is 29.1 Å². The molecule has 0 bridgehead atoms. The van der Waals surface area contributed by atoms with Gasteiger partial charge in [0.15, 0.2) is 23.9 Å². The molecule has 0 aliphatic carbocycles. The molecule has 2 aromatic carbocycles. The number of benzene rings is 2. The summed E-state index contributed by atoms with van der Waals surface area (Å²) in [6.07, 6.45) is 2.68. The second-order valence-electron chi connectivity index (χ2n) is 11.5. The van der Waals surface area contributed by atoms with Crippen molar-refractivity contribution in [2.24, 2.45) is 0 Å². The van der Waals surface area contributed by atoms with Gasteiger partial charge in [0.25, 0.3) is 0 Å². The highest BCUT2D eigenvalue weighted by atomic mass is 35.5. The van der Waals surface area contributed by atoms with E-state index < -0.39 is 29.9 Å². The maximum absolute atomic E-state index is 14.9. The number of carbonyl (C=O) groups excluding carboxylic acids is 2. The molecule has 14 heteroatoms. The molecule has 260 valence electrons. The fraction of sp³-hybridized carbons (Fsp3) is 0.343. The fourth-order valence-electron chi connectivity index (χ4n) is 5.53. The fourth-order valence-corrected chi connectivity index (χ4v) is 6.97. The molecule has 1 aliphatic rings. The summed E-state index contributed by atoms with van der Waals surface area (Å²) < 4.78 is 38.0. The third kappa shape index (κ3) is 9.20. The molecular weight excluding hydrogens is 696 g/mol. The summed E-state index contributed by atoms with van der Waals surface area (Å²) >= 11 is 13.9. The van der Waals surface area contributed by atoms with E-state index in [9.17, 15) is 19.2 Å². The molecule has 0 radical (unpaired) electrons. The lowest BCUT2D eigenvalue weighted by Crippen LogP contribution is -2.38. The number of ether oxygens (including phenoxy) is 4. The van der Waals surface area contributed by atoms with Gasteiger partial charge in [-0.05, 0) is 55.8 Å². The van der Waals surface area contributed by atoms with E-state index in [2.05, 4.69) is 10.2 Å². The molecule has 0 spiro atoms. The number of carbonyl (C=O) groups is 2. The molecule has 5 rings (SSSR count). The lowest BCUT2D eigenvalue weighted by atomic mass is 10.0. The van der Waals surface area contributed by atoms with E-state index in [1.54, 1.807) is 48.5 Å². The normalized spacial score (nSPS) is 15.0. The Hall–Kier alpha value is -3.94. The second-order valence-corrected chi connectivity index (χ2v) is 13.5. The number of halogens is 3. The lowest BCUT2D eigenvalue weighted by Gasteiger charge is -2.30. The largest absolute Gasteiger partial charge is 0.619 e. The Morgan fingerprint density at radius 3 is 2.41 bits per heavy atom. The first-order chi connectivity index (χ1) is 23.6. The maximum atomic E-state index is 14.9. The molecule has 10 nitrogen and oxygen atoms in total. The van der Waals surface area contributed by atoms with Gasteiger partial charge in [-0.3, -0.25) is 5.32 Å². The summed E-state index contributed by atoms with van der Waals surface area (Å²) in [4.78, 5) is 30.1. The van der Waals surface area contributed by atoms with Crippen LogP contribution < -0.4 is 19.5 Å². The Morgan fingerprint density at radius 1 is 1.04 bits per heavy atom. The number of pyridine rings is 1. The van der Waals surface area contributed by atoms with E-state index in [1.807, 2.05) is 7.05 Å². The third-order valence-electron chi connectivity index (χ3n) is 8.22. The molecule has 2 aromatic heterocycles. The Morgan fingerprint density at radius 2 is 1.73 bits per heavy atom. The van der Waals surface area contributed by atoms with Crippen LogP contribution in [0.3, 0.4) is 0 Å². The summed E-state index contributed by atoms with van der Waals surface area (Å²) in [5.41, 5.74) is 1.17. The highest BCUT2D eigenvalue weighted by Crippen LogP contribution is 2.36. The van der Waals surface area contributed by atoms with Crippen LogP contribution in [0.25, 0.3) is 0 Å². The molecule has 1 N–H and O–H groups in total. The minimum absolute atomic E-state index is 0.0588. The van der Waals surface area contributed by atoms with Gasteiger partial charge in [-0.1, -0.05) is 47.5 Å². The zero-order chi connectivity index (χ0) is 35.1. The number of nitrogens with zero attached hydrogens (tertiary/aromatic N) is 2. The van der Waals surface area contributed by atoms with Gasteiger partial charge in [0.2, 0.25) is 0 Å². The van der Waals surface area contributed by atoms with E-state index in [-0.39, 0.29) is 34.7 Å². The molecule has 49 heavy (non-hydrogen) atoms. The van der Waals surface area contributed by atoms with Crippen molar-refractivity contribution in [3.63, 3.8) is 0 Å². The Balaban J connectivity index is 1.33. The topological polar surface area (TPSA) is 113 Å². The highest BCUT2D eigenvalue weighted by molar-refractivity contribution is 7.13. The van der Waals surface area contributed by atoms with Gasteiger partial charge in [0.05, 0.1) is 14.2 Å². The van der Waals surface area contributed by atoms with E-state index >= 15 is 0 Å². The molecular formula is C35H36Cl2FN3O7S. The van der Waals surface area contributed by atoms with Crippen molar-refractivity contribution in [3.05, 3.63) is 115 Å². The zero-order valence-corrected chi connectivity index (χ0v) is 29.4. The van der Waals surface area contributed by atoms with Gasteiger partial charge in [0, 0.05) is 42.1 Å². The SMILES string of the molecule is COc1ccc(C(Cc2c(Cl)c[n+]([O-])cc2Cl)OC(=O)c2ccc(CN[C@H](C(=O)OC3CCN(C)CC3)c3ccccc3F)s2)cc1OC. The maximum Gasteiger partial charge on any atom is 0.348 e. The number of piperidine rings is 1. The van der Waals surface area contributed by atoms with Crippen LogP contribution in [0.5, 0.6) is 11.5 Å². The van der Waals surface area contributed by atoms with Crippen LogP contribution in [0.15, 0.2) is 67.0 Å². The number of esters is 2. The van der Waals surface area contributed by atoms with Gasteiger partial charge in [-0.25, -0.2) is 14.0 Å². The smallest absolute Gasteiger partial charge is 0.348 e. The monoisotopic (exact) mass is 731 g/mol. The van der Waals surface area contributed by atoms with Crippen molar-refractivity contribution in [1.29, 1.82) is 0 Å². The summed E-state index contributed by atoms with van der Waals surface area (Å²) in [5.74, 6) is -0.800. The van der Waals surface area contributed by atoms with Crippen LogP contribution in [0.2, 0.25) is 10.0 Å². The van der Waals surface area contributed by atoms with E-state index in [0.29, 0.717) is 50.0 Å².